The Hall–Kier alpha value is -2.08. The quantitative estimate of drug-likeness (QED) is 0.868. The molecule has 21 heavy (non-hydrogen) atoms. The molecule has 6 heteroatoms. The number of nitrogens with two attached hydrogens (primary N) is 1. The van der Waals surface area contributed by atoms with Gasteiger partial charge in [-0.15, -0.1) is 0 Å². The number of hydrogen-bond donors (Lipinski definition) is 1. The van der Waals surface area contributed by atoms with Crippen LogP contribution in [0.1, 0.15) is 17.2 Å². The molecule has 2 rings (SSSR count). The molecular formula is C15H13F4NO. The lowest BCUT2D eigenvalue weighted by atomic mass is 10.0. The first-order chi connectivity index (χ1) is 9.86. The maximum atomic E-state index is 13.0. The third-order valence-electron chi connectivity index (χ3n) is 2.87. The third kappa shape index (κ3) is 4.19. The molecule has 0 aliphatic carbocycles. The lowest BCUT2D eigenvalue weighted by Gasteiger charge is -2.15. The summed E-state index contributed by atoms with van der Waals surface area (Å²) in [7, 11) is 0. The molecule has 0 aliphatic rings. The van der Waals surface area contributed by atoms with E-state index in [1.54, 1.807) is 6.07 Å². The summed E-state index contributed by atoms with van der Waals surface area (Å²) in [6.07, 6.45) is -4.42. The number of alkyl halides is 3. The highest BCUT2D eigenvalue weighted by atomic mass is 19.4. The van der Waals surface area contributed by atoms with Gasteiger partial charge in [0.05, 0.1) is 11.6 Å². The van der Waals surface area contributed by atoms with E-state index < -0.39 is 23.6 Å². The van der Waals surface area contributed by atoms with Crippen LogP contribution in [0.3, 0.4) is 0 Å². The van der Waals surface area contributed by atoms with Crippen molar-refractivity contribution in [3.63, 3.8) is 0 Å². The normalized spacial score (nSPS) is 13.0. The van der Waals surface area contributed by atoms with Crippen molar-refractivity contribution in [2.45, 2.75) is 12.2 Å². The van der Waals surface area contributed by atoms with Crippen molar-refractivity contribution in [3.8, 4) is 5.75 Å². The van der Waals surface area contributed by atoms with Crippen LogP contribution in [-0.4, -0.2) is 6.61 Å². The fraction of sp³-hybridized carbons (Fsp3) is 0.200. The molecule has 0 bridgehead atoms. The van der Waals surface area contributed by atoms with Crippen molar-refractivity contribution in [1.29, 1.82) is 0 Å². The maximum absolute atomic E-state index is 13.0. The van der Waals surface area contributed by atoms with Gasteiger partial charge in [-0.3, -0.25) is 0 Å². The molecule has 0 amide bonds. The lowest BCUT2D eigenvalue weighted by Crippen LogP contribution is -2.19. The zero-order valence-corrected chi connectivity index (χ0v) is 10.9. The molecule has 0 saturated carbocycles. The highest BCUT2D eigenvalue weighted by Crippen LogP contribution is 2.30. The Bertz CT molecular complexity index is 613. The lowest BCUT2D eigenvalue weighted by molar-refractivity contribution is -0.137. The molecule has 2 aromatic rings. The summed E-state index contributed by atoms with van der Waals surface area (Å²) in [5.74, 6) is -0.183. The molecule has 112 valence electrons. The molecule has 1 unspecified atom stereocenters. The van der Waals surface area contributed by atoms with Crippen LogP contribution >= 0.6 is 0 Å². The van der Waals surface area contributed by atoms with E-state index >= 15 is 0 Å². The Morgan fingerprint density at radius 2 is 1.76 bits per heavy atom. The number of ether oxygens (including phenoxy) is 1. The molecular weight excluding hydrogens is 286 g/mol. The first-order valence-corrected chi connectivity index (χ1v) is 6.17. The standard InChI is InChI=1S/C15H13F4NO/c16-12-5-2-6-13(8-12)21-9-14(20)10-3-1-4-11(7-10)15(17,18)19/h1-8,14H,9,20H2. The highest BCUT2D eigenvalue weighted by molar-refractivity contribution is 5.28. The molecule has 0 radical (unpaired) electrons. The van der Waals surface area contributed by atoms with E-state index in [-0.39, 0.29) is 12.4 Å². The molecule has 0 aliphatic heterocycles. The molecule has 0 spiro atoms. The Morgan fingerprint density at radius 1 is 1.05 bits per heavy atom. The molecule has 2 aromatic carbocycles. The van der Waals surface area contributed by atoms with Crippen molar-refractivity contribution in [1.82, 2.24) is 0 Å². The van der Waals surface area contributed by atoms with Gasteiger partial charge in [-0.2, -0.15) is 13.2 Å². The zero-order valence-electron chi connectivity index (χ0n) is 10.9. The Kier molecular flexibility index (Phi) is 4.47. The SMILES string of the molecule is NC(COc1cccc(F)c1)c1cccc(C(F)(F)F)c1. The summed E-state index contributed by atoms with van der Waals surface area (Å²) in [6.45, 7) is -0.0508. The van der Waals surface area contributed by atoms with Gasteiger partial charge >= 0.3 is 6.18 Å². The average Bonchev–Trinajstić information content (AvgIpc) is 2.44. The van der Waals surface area contributed by atoms with Crippen molar-refractivity contribution in [3.05, 3.63) is 65.5 Å². The minimum Gasteiger partial charge on any atom is -0.492 e. The highest BCUT2D eigenvalue weighted by Gasteiger charge is 2.30. The van der Waals surface area contributed by atoms with E-state index in [0.29, 0.717) is 5.56 Å². The minimum atomic E-state index is -4.42. The molecule has 0 heterocycles. The fourth-order valence-corrected chi connectivity index (χ4v) is 1.78. The summed E-state index contributed by atoms with van der Waals surface area (Å²) in [5.41, 5.74) is 5.35. The molecule has 0 saturated heterocycles. The molecule has 2 nitrogen and oxygen atoms in total. The first kappa shape index (κ1) is 15.3. The first-order valence-electron chi connectivity index (χ1n) is 6.17. The van der Waals surface area contributed by atoms with E-state index in [1.807, 2.05) is 0 Å². The van der Waals surface area contributed by atoms with Crippen LogP contribution in [0.15, 0.2) is 48.5 Å². The number of halogens is 4. The largest absolute Gasteiger partial charge is 0.492 e. The molecule has 1 atom stereocenters. The Labute approximate surface area is 119 Å². The van der Waals surface area contributed by atoms with Crippen LogP contribution in [0.5, 0.6) is 5.75 Å². The van der Waals surface area contributed by atoms with Gasteiger partial charge < -0.3 is 10.5 Å². The fourth-order valence-electron chi connectivity index (χ4n) is 1.78. The van der Waals surface area contributed by atoms with Gasteiger partial charge in [0.2, 0.25) is 0 Å². The van der Waals surface area contributed by atoms with Gasteiger partial charge in [-0.25, -0.2) is 4.39 Å². The van der Waals surface area contributed by atoms with Crippen LogP contribution in [0.2, 0.25) is 0 Å². The van der Waals surface area contributed by atoms with Gasteiger partial charge in [-0.05, 0) is 29.8 Å². The van der Waals surface area contributed by atoms with Gasteiger partial charge in [-0.1, -0.05) is 18.2 Å². The van der Waals surface area contributed by atoms with Crippen molar-refractivity contribution >= 4 is 0 Å². The smallest absolute Gasteiger partial charge is 0.416 e. The number of benzene rings is 2. The van der Waals surface area contributed by atoms with Crippen LogP contribution < -0.4 is 10.5 Å². The summed E-state index contributed by atoms with van der Waals surface area (Å²) in [4.78, 5) is 0. The second-order valence-corrected chi connectivity index (χ2v) is 4.50. The van der Waals surface area contributed by atoms with E-state index in [9.17, 15) is 17.6 Å². The van der Waals surface area contributed by atoms with Crippen molar-refractivity contribution < 1.29 is 22.3 Å². The monoisotopic (exact) mass is 299 g/mol. The summed E-state index contributed by atoms with van der Waals surface area (Å²) >= 11 is 0. The minimum absolute atomic E-state index is 0.0508. The van der Waals surface area contributed by atoms with Gasteiger partial charge in [0, 0.05) is 6.07 Å². The average molecular weight is 299 g/mol. The van der Waals surface area contributed by atoms with E-state index in [1.165, 1.54) is 30.3 Å². The van der Waals surface area contributed by atoms with Gasteiger partial charge in [0.25, 0.3) is 0 Å². The summed E-state index contributed by atoms with van der Waals surface area (Å²) < 4.78 is 56.1. The predicted octanol–water partition coefficient (Wildman–Crippen LogP) is 3.92. The van der Waals surface area contributed by atoms with Gasteiger partial charge in [0.1, 0.15) is 18.2 Å². The number of hydrogen-bond acceptors (Lipinski definition) is 2. The van der Waals surface area contributed by atoms with Crippen LogP contribution in [0.25, 0.3) is 0 Å². The third-order valence-corrected chi connectivity index (χ3v) is 2.87. The maximum Gasteiger partial charge on any atom is 0.416 e. The van der Waals surface area contributed by atoms with Crippen molar-refractivity contribution in [2.75, 3.05) is 6.61 Å². The van der Waals surface area contributed by atoms with E-state index in [2.05, 4.69) is 0 Å². The second-order valence-electron chi connectivity index (χ2n) is 4.50. The Morgan fingerprint density at radius 3 is 2.43 bits per heavy atom. The van der Waals surface area contributed by atoms with Gasteiger partial charge in [0.15, 0.2) is 0 Å². The summed E-state index contributed by atoms with van der Waals surface area (Å²) in [5, 5.41) is 0. The number of rotatable bonds is 4. The second kappa shape index (κ2) is 6.13. The van der Waals surface area contributed by atoms with Crippen LogP contribution in [0.4, 0.5) is 17.6 Å². The zero-order chi connectivity index (χ0) is 15.5. The molecule has 0 aromatic heterocycles. The molecule has 2 N–H and O–H groups in total. The summed E-state index contributed by atoms with van der Waals surface area (Å²) in [6, 6.07) is 9.47. The molecule has 0 fully saturated rings. The predicted molar refractivity (Wildman–Crippen MR) is 70.3 cm³/mol. The van der Waals surface area contributed by atoms with Crippen LogP contribution in [0, 0.1) is 5.82 Å². The Balaban J connectivity index is 2.05. The topological polar surface area (TPSA) is 35.2 Å². The van der Waals surface area contributed by atoms with Crippen LogP contribution in [-0.2, 0) is 6.18 Å². The van der Waals surface area contributed by atoms with E-state index in [4.69, 9.17) is 10.5 Å². The van der Waals surface area contributed by atoms with Crippen molar-refractivity contribution in [2.24, 2.45) is 5.73 Å². The van der Waals surface area contributed by atoms with E-state index in [0.717, 1.165) is 12.1 Å².